The number of nitrogens with zero attached hydrogens (tertiary/aromatic N) is 4. The molecule has 0 bridgehead atoms. The van der Waals surface area contributed by atoms with Crippen LogP contribution in [-0.2, 0) is 13.6 Å². The van der Waals surface area contributed by atoms with Gasteiger partial charge in [-0.25, -0.2) is 4.98 Å². The van der Waals surface area contributed by atoms with Crippen molar-refractivity contribution >= 4 is 11.7 Å². The molecule has 6 nitrogen and oxygen atoms in total. The van der Waals surface area contributed by atoms with Crippen molar-refractivity contribution in [3.05, 3.63) is 41.9 Å². The average Bonchev–Trinajstić information content (AvgIpc) is 3.16. The summed E-state index contributed by atoms with van der Waals surface area (Å²) in [6, 6.07) is 3.98. The summed E-state index contributed by atoms with van der Waals surface area (Å²) in [4.78, 5) is 18.7. The lowest BCUT2D eigenvalue weighted by Crippen LogP contribution is -2.23. The lowest BCUT2D eigenvalue weighted by atomic mass is 10.2. The van der Waals surface area contributed by atoms with E-state index < -0.39 is 0 Å². The summed E-state index contributed by atoms with van der Waals surface area (Å²) < 4.78 is 1.62. The van der Waals surface area contributed by atoms with Crippen molar-refractivity contribution in [3.8, 4) is 0 Å². The van der Waals surface area contributed by atoms with Crippen LogP contribution >= 0.6 is 0 Å². The van der Waals surface area contributed by atoms with Gasteiger partial charge in [0.05, 0.1) is 11.8 Å². The van der Waals surface area contributed by atoms with Crippen molar-refractivity contribution in [1.82, 2.24) is 20.1 Å². The van der Waals surface area contributed by atoms with E-state index in [1.807, 2.05) is 6.07 Å². The molecule has 0 saturated carbocycles. The quantitative estimate of drug-likeness (QED) is 0.921. The molecule has 0 atom stereocenters. The van der Waals surface area contributed by atoms with Gasteiger partial charge < -0.3 is 10.2 Å². The number of aryl methyl sites for hydroxylation is 1. The number of hydrogen-bond acceptors (Lipinski definition) is 4. The number of amides is 1. The van der Waals surface area contributed by atoms with Crippen molar-refractivity contribution in [2.24, 2.45) is 7.05 Å². The van der Waals surface area contributed by atoms with Gasteiger partial charge in [0, 0.05) is 39.1 Å². The van der Waals surface area contributed by atoms with E-state index in [-0.39, 0.29) is 5.91 Å². The number of anilines is 1. The predicted molar refractivity (Wildman–Crippen MR) is 80.1 cm³/mol. The summed E-state index contributed by atoms with van der Waals surface area (Å²) in [5.74, 6) is 0.892. The van der Waals surface area contributed by atoms with Crippen LogP contribution in [0.3, 0.4) is 0 Å². The molecule has 1 aliphatic heterocycles. The Balaban J connectivity index is 1.62. The maximum atomic E-state index is 12.0. The van der Waals surface area contributed by atoms with E-state index in [4.69, 9.17) is 0 Å². The topological polar surface area (TPSA) is 63.1 Å². The number of carbonyl (C=O) groups is 1. The summed E-state index contributed by atoms with van der Waals surface area (Å²) >= 11 is 0. The SMILES string of the molecule is Cn1cc(C(=O)NCc2ccnc(N3CCCC3)c2)cn1. The second-order valence-corrected chi connectivity index (χ2v) is 5.30. The molecule has 0 aromatic carbocycles. The number of aromatic nitrogens is 3. The zero-order chi connectivity index (χ0) is 14.7. The second kappa shape index (κ2) is 5.95. The monoisotopic (exact) mass is 285 g/mol. The summed E-state index contributed by atoms with van der Waals surface area (Å²) in [6.07, 6.45) is 7.53. The first-order chi connectivity index (χ1) is 10.2. The van der Waals surface area contributed by atoms with Gasteiger partial charge in [-0.15, -0.1) is 0 Å². The predicted octanol–water partition coefficient (Wildman–Crippen LogP) is 1.35. The summed E-state index contributed by atoms with van der Waals surface area (Å²) in [6.45, 7) is 2.63. The average molecular weight is 285 g/mol. The van der Waals surface area contributed by atoms with Gasteiger partial charge in [0.1, 0.15) is 5.82 Å². The van der Waals surface area contributed by atoms with Gasteiger partial charge in [-0.1, -0.05) is 0 Å². The van der Waals surface area contributed by atoms with Gasteiger partial charge in [-0.2, -0.15) is 5.10 Å². The molecule has 2 aromatic rings. The van der Waals surface area contributed by atoms with E-state index in [0.29, 0.717) is 12.1 Å². The molecule has 2 aromatic heterocycles. The molecule has 6 heteroatoms. The van der Waals surface area contributed by atoms with Crippen molar-refractivity contribution in [2.75, 3.05) is 18.0 Å². The third kappa shape index (κ3) is 3.21. The molecule has 3 heterocycles. The molecule has 0 aliphatic carbocycles. The van der Waals surface area contributed by atoms with Crippen molar-refractivity contribution < 1.29 is 4.79 Å². The van der Waals surface area contributed by atoms with Crippen LogP contribution in [0.5, 0.6) is 0 Å². The minimum atomic E-state index is -0.109. The van der Waals surface area contributed by atoms with Crippen molar-refractivity contribution in [2.45, 2.75) is 19.4 Å². The highest BCUT2D eigenvalue weighted by Gasteiger charge is 2.14. The van der Waals surface area contributed by atoms with Crippen LogP contribution in [0.2, 0.25) is 0 Å². The Morgan fingerprint density at radius 1 is 1.38 bits per heavy atom. The standard InChI is InChI=1S/C15H19N5O/c1-19-11-13(10-18-19)15(21)17-9-12-4-5-16-14(8-12)20-6-2-3-7-20/h4-5,8,10-11H,2-3,6-7,9H2,1H3,(H,17,21). The molecule has 1 aliphatic rings. The lowest BCUT2D eigenvalue weighted by molar-refractivity contribution is 0.0951. The first kappa shape index (κ1) is 13.6. The fraction of sp³-hybridized carbons (Fsp3) is 0.400. The third-order valence-corrected chi connectivity index (χ3v) is 3.66. The van der Waals surface area contributed by atoms with Gasteiger partial charge >= 0.3 is 0 Å². The maximum absolute atomic E-state index is 12.0. The molecular formula is C15H19N5O. The summed E-state index contributed by atoms with van der Waals surface area (Å²) in [5, 5.41) is 6.91. The number of carbonyl (C=O) groups excluding carboxylic acids is 1. The fourth-order valence-corrected chi connectivity index (χ4v) is 2.51. The van der Waals surface area contributed by atoms with E-state index in [1.165, 1.54) is 12.8 Å². The van der Waals surface area contributed by atoms with E-state index in [1.54, 1.807) is 30.3 Å². The Morgan fingerprint density at radius 3 is 2.90 bits per heavy atom. The molecule has 0 radical (unpaired) electrons. The first-order valence-corrected chi connectivity index (χ1v) is 7.19. The molecule has 110 valence electrons. The van der Waals surface area contributed by atoms with Gasteiger partial charge in [-0.05, 0) is 30.5 Å². The molecule has 1 amide bonds. The summed E-state index contributed by atoms with van der Waals surface area (Å²) in [5.41, 5.74) is 1.63. The largest absolute Gasteiger partial charge is 0.357 e. The Hall–Kier alpha value is -2.37. The van der Waals surface area contributed by atoms with Crippen LogP contribution in [0.15, 0.2) is 30.7 Å². The molecular weight excluding hydrogens is 266 g/mol. The minimum Gasteiger partial charge on any atom is -0.357 e. The van der Waals surface area contributed by atoms with Crippen LogP contribution < -0.4 is 10.2 Å². The molecule has 3 rings (SSSR count). The van der Waals surface area contributed by atoms with Crippen LogP contribution in [0, 0.1) is 0 Å². The number of nitrogens with one attached hydrogen (secondary N) is 1. The Kier molecular flexibility index (Phi) is 3.85. The summed E-state index contributed by atoms with van der Waals surface area (Å²) in [7, 11) is 1.79. The van der Waals surface area contributed by atoms with Crippen molar-refractivity contribution in [1.29, 1.82) is 0 Å². The Bertz CT molecular complexity index is 630. The van der Waals surface area contributed by atoms with E-state index in [2.05, 4.69) is 26.4 Å². The molecule has 1 saturated heterocycles. The second-order valence-electron chi connectivity index (χ2n) is 5.30. The lowest BCUT2D eigenvalue weighted by Gasteiger charge is -2.16. The number of rotatable bonds is 4. The van der Waals surface area contributed by atoms with Gasteiger partial charge in [-0.3, -0.25) is 9.48 Å². The van der Waals surface area contributed by atoms with Crippen molar-refractivity contribution in [3.63, 3.8) is 0 Å². The van der Waals surface area contributed by atoms with Gasteiger partial charge in [0.15, 0.2) is 0 Å². The number of pyridine rings is 1. The highest BCUT2D eigenvalue weighted by molar-refractivity contribution is 5.93. The zero-order valence-electron chi connectivity index (χ0n) is 12.1. The smallest absolute Gasteiger partial charge is 0.254 e. The Labute approximate surface area is 123 Å². The van der Waals surface area contributed by atoms with Gasteiger partial charge in [0.25, 0.3) is 5.91 Å². The van der Waals surface area contributed by atoms with E-state index in [9.17, 15) is 4.79 Å². The Morgan fingerprint density at radius 2 is 2.19 bits per heavy atom. The minimum absolute atomic E-state index is 0.109. The van der Waals surface area contributed by atoms with Gasteiger partial charge in [0.2, 0.25) is 0 Å². The first-order valence-electron chi connectivity index (χ1n) is 7.19. The molecule has 1 fully saturated rings. The molecule has 1 N–H and O–H groups in total. The highest BCUT2D eigenvalue weighted by atomic mass is 16.1. The van der Waals surface area contributed by atoms with Crippen LogP contribution in [0.4, 0.5) is 5.82 Å². The third-order valence-electron chi connectivity index (χ3n) is 3.66. The molecule has 0 spiro atoms. The molecule has 0 unspecified atom stereocenters. The van der Waals surface area contributed by atoms with Crippen LogP contribution in [-0.4, -0.2) is 33.8 Å². The van der Waals surface area contributed by atoms with Crippen LogP contribution in [0.1, 0.15) is 28.8 Å². The zero-order valence-corrected chi connectivity index (χ0v) is 12.1. The number of hydrogen-bond donors (Lipinski definition) is 1. The molecule has 21 heavy (non-hydrogen) atoms. The van der Waals surface area contributed by atoms with Crippen LogP contribution in [0.25, 0.3) is 0 Å². The fourth-order valence-electron chi connectivity index (χ4n) is 2.51. The highest BCUT2D eigenvalue weighted by Crippen LogP contribution is 2.18. The van der Waals surface area contributed by atoms with E-state index in [0.717, 1.165) is 24.5 Å². The maximum Gasteiger partial charge on any atom is 0.254 e. The van der Waals surface area contributed by atoms with E-state index >= 15 is 0 Å². The normalized spacial score (nSPS) is 14.4.